The third-order valence-electron chi connectivity index (χ3n) is 22.8. The molecule has 2 heterocycles. The van der Waals surface area contributed by atoms with E-state index in [1.807, 2.05) is 0 Å². The van der Waals surface area contributed by atoms with Gasteiger partial charge in [-0.05, 0) is 232 Å². The molecule has 0 radical (unpaired) electrons. The van der Waals surface area contributed by atoms with E-state index in [0.29, 0.717) is 0 Å². The van der Waals surface area contributed by atoms with Gasteiger partial charge in [0.25, 0.3) is 0 Å². The van der Waals surface area contributed by atoms with E-state index in [0.717, 1.165) is 0 Å². The summed E-state index contributed by atoms with van der Waals surface area (Å²) in [6, 6.07) is 110. The molecule has 2 aromatic heterocycles. The third kappa shape index (κ3) is 8.64. The maximum Gasteiger partial charge on any atom is 0.0541 e. The Labute approximate surface area is 560 Å². The van der Waals surface area contributed by atoms with Crippen LogP contribution in [0.1, 0.15) is 95.9 Å². The zero-order valence-electron chi connectivity index (χ0n) is 53.6. The summed E-state index contributed by atoms with van der Waals surface area (Å²) in [5.41, 5.74) is 31.7. The van der Waals surface area contributed by atoms with E-state index in [1.54, 1.807) is 0 Å². The van der Waals surface area contributed by atoms with Crippen LogP contribution in [0.15, 0.2) is 291 Å². The quantitative estimate of drug-likeness (QED) is 0.128. The SMILES string of the molecule is C(=Cc1ccc2c(c1)c1ccccc1n2-c1ccc2ccccc2c1)c1ccc(-c2ccc3c(c2)C2(CCCC2)c2cc(-c4ccc5c(c4)C4(CCCC4)c4cc(-c6ccc(C=Cc7ccc8c(c7)c7ccccc7n8-c7ccc8ccccc8c7)cc6)ccc4-5)ccc2-3)cc1. The van der Waals surface area contributed by atoms with E-state index in [1.165, 1.54) is 228 Å². The van der Waals surface area contributed by atoms with Crippen LogP contribution in [-0.2, 0) is 10.8 Å². The fraction of sp³-hybridized carbons (Fsp3) is 0.106. The van der Waals surface area contributed by atoms with Crippen LogP contribution >= 0.6 is 0 Å². The lowest BCUT2D eigenvalue weighted by Gasteiger charge is -2.28. The average molecular weight is 1230 g/mol. The van der Waals surface area contributed by atoms with Crippen molar-refractivity contribution in [2.24, 2.45) is 0 Å². The summed E-state index contributed by atoms with van der Waals surface area (Å²) in [6.45, 7) is 0. The molecule has 0 aliphatic heterocycles. The topological polar surface area (TPSA) is 9.86 Å². The van der Waals surface area contributed by atoms with Crippen molar-refractivity contribution in [2.75, 3.05) is 0 Å². The Morgan fingerprint density at radius 1 is 0.229 bits per heavy atom. The average Bonchev–Trinajstić information content (AvgIpc) is 1.57. The summed E-state index contributed by atoms with van der Waals surface area (Å²) in [5, 5.41) is 10.1. The Hall–Kier alpha value is -11.3. The Kier molecular flexibility index (Phi) is 12.4. The molecule has 2 spiro atoms. The van der Waals surface area contributed by atoms with Gasteiger partial charge in [-0.3, -0.25) is 0 Å². The lowest BCUT2D eigenvalue weighted by Crippen LogP contribution is -2.21. The van der Waals surface area contributed by atoms with Crippen LogP contribution < -0.4 is 0 Å². The summed E-state index contributed by atoms with van der Waals surface area (Å²) >= 11 is 0. The van der Waals surface area contributed by atoms with Crippen LogP contribution in [0.5, 0.6) is 0 Å². The third-order valence-corrected chi connectivity index (χ3v) is 22.8. The van der Waals surface area contributed by atoms with Crippen molar-refractivity contribution in [2.45, 2.75) is 62.2 Å². The molecule has 0 saturated heterocycles. The van der Waals surface area contributed by atoms with Gasteiger partial charge < -0.3 is 9.13 Å². The summed E-state index contributed by atoms with van der Waals surface area (Å²) in [7, 11) is 0. The number of hydrogen-bond acceptors (Lipinski definition) is 0. The Balaban J connectivity index is 0.550. The normalized spacial score (nSPS) is 15.0. The molecule has 2 fully saturated rings. The van der Waals surface area contributed by atoms with Crippen molar-refractivity contribution in [3.8, 4) is 67.0 Å². The molecule has 0 atom stereocenters. The number of aromatic nitrogens is 2. The molecule has 4 aliphatic rings. The second-order valence-corrected chi connectivity index (χ2v) is 27.9. The van der Waals surface area contributed by atoms with Gasteiger partial charge in [-0.1, -0.05) is 256 Å². The molecule has 4 aliphatic carbocycles. The minimum Gasteiger partial charge on any atom is -0.309 e. The highest BCUT2D eigenvalue weighted by atomic mass is 15.0. The van der Waals surface area contributed by atoms with E-state index in [-0.39, 0.29) is 10.8 Å². The van der Waals surface area contributed by atoms with Crippen LogP contribution in [0.2, 0.25) is 0 Å². The van der Waals surface area contributed by atoms with Crippen LogP contribution in [0, 0.1) is 0 Å². The molecule has 0 bridgehead atoms. The molecular weight excluding hydrogens is 1160 g/mol. The Morgan fingerprint density at radius 2 is 0.542 bits per heavy atom. The van der Waals surface area contributed by atoms with Crippen molar-refractivity contribution in [3.63, 3.8) is 0 Å². The number of benzene rings is 14. The molecule has 2 saturated carbocycles. The van der Waals surface area contributed by atoms with Gasteiger partial charge in [0, 0.05) is 43.7 Å². The first kappa shape index (κ1) is 55.2. The highest BCUT2D eigenvalue weighted by Gasteiger charge is 2.47. The summed E-state index contributed by atoms with van der Waals surface area (Å²) in [5.74, 6) is 0. The second-order valence-electron chi connectivity index (χ2n) is 27.9. The van der Waals surface area contributed by atoms with Crippen molar-refractivity contribution in [1.29, 1.82) is 0 Å². The van der Waals surface area contributed by atoms with E-state index in [9.17, 15) is 0 Å². The first-order valence-corrected chi connectivity index (χ1v) is 34.7. The zero-order valence-corrected chi connectivity index (χ0v) is 53.6. The molecule has 0 amide bonds. The highest BCUT2D eigenvalue weighted by molar-refractivity contribution is 6.12. The molecule has 0 N–H and O–H groups in total. The van der Waals surface area contributed by atoms with Crippen molar-refractivity contribution >= 4 is 89.5 Å². The smallest absolute Gasteiger partial charge is 0.0541 e. The standard InChI is InChI=1S/C94H68N2/c1-3-15-69-55-75(41-35-65(69)13-1)95-89-19-7-5-17-81(89)83-53-63(29-47-91(83)95)23-21-61-25-31-67(32-26-61)71-37-43-77-79-45-39-73(59-87(79)93(85(77)57-71)49-9-10-50-93)74-40-46-80-78-44-38-72(58-86(78)94(88(80)60-74)51-11-12-52-94)68-33-27-62(28-34-68)22-24-64-30-48-92-84(54-64)82-18-6-8-20-90(82)96(92)76-42-36-66-14-2-4-16-70(66)56-76/h1-8,13-48,53-60H,9-12,49-52H2. The largest absolute Gasteiger partial charge is 0.309 e. The molecule has 2 heteroatoms. The number of nitrogens with zero attached hydrogens (tertiary/aromatic N) is 2. The van der Waals surface area contributed by atoms with E-state index >= 15 is 0 Å². The summed E-state index contributed by atoms with van der Waals surface area (Å²) in [6.07, 6.45) is 18.9. The minimum atomic E-state index is 0.0328. The number of fused-ring (bicyclic) bond motifs is 18. The molecule has 20 rings (SSSR count). The fourth-order valence-electron chi connectivity index (χ4n) is 18.1. The second kappa shape index (κ2) is 21.6. The van der Waals surface area contributed by atoms with Gasteiger partial charge in [0.05, 0.1) is 22.1 Å². The van der Waals surface area contributed by atoms with E-state index in [4.69, 9.17) is 0 Å². The Morgan fingerprint density at radius 3 is 0.938 bits per heavy atom. The maximum atomic E-state index is 2.61. The molecule has 2 nitrogen and oxygen atoms in total. The van der Waals surface area contributed by atoms with Crippen molar-refractivity contribution < 1.29 is 0 Å². The van der Waals surface area contributed by atoms with Crippen molar-refractivity contribution in [1.82, 2.24) is 9.13 Å². The fourth-order valence-corrected chi connectivity index (χ4v) is 18.1. The predicted molar refractivity (Wildman–Crippen MR) is 407 cm³/mol. The zero-order chi connectivity index (χ0) is 63.1. The number of para-hydroxylation sites is 2. The van der Waals surface area contributed by atoms with Gasteiger partial charge in [-0.25, -0.2) is 0 Å². The monoisotopic (exact) mass is 1220 g/mol. The van der Waals surface area contributed by atoms with Crippen LogP contribution in [0.4, 0.5) is 0 Å². The van der Waals surface area contributed by atoms with E-state index < -0.39 is 0 Å². The molecule has 14 aromatic carbocycles. The van der Waals surface area contributed by atoms with Crippen LogP contribution in [0.25, 0.3) is 156 Å². The van der Waals surface area contributed by atoms with Gasteiger partial charge in [0.15, 0.2) is 0 Å². The first-order valence-electron chi connectivity index (χ1n) is 34.7. The molecular formula is C94H68N2. The number of hydrogen-bond donors (Lipinski definition) is 0. The van der Waals surface area contributed by atoms with Gasteiger partial charge in [0.2, 0.25) is 0 Å². The van der Waals surface area contributed by atoms with Gasteiger partial charge >= 0.3 is 0 Å². The molecule has 0 unspecified atom stereocenters. The predicted octanol–water partition coefficient (Wildman–Crippen LogP) is 25.2. The highest BCUT2D eigenvalue weighted by Crippen LogP contribution is 2.60. The minimum absolute atomic E-state index is 0.0328. The lowest BCUT2D eigenvalue weighted by molar-refractivity contribution is 0.549. The molecule has 16 aromatic rings. The maximum absolute atomic E-state index is 2.61. The van der Waals surface area contributed by atoms with Crippen molar-refractivity contribution in [3.05, 3.63) is 336 Å². The first-order chi connectivity index (χ1) is 47.5. The van der Waals surface area contributed by atoms with Gasteiger partial charge in [0.1, 0.15) is 0 Å². The van der Waals surface area contributed by atoms with E-state index in [2.05, 4.69) is 325 Å². The van der Waals surface area contributed by atoms with Crippen LogP contribution in [-0.4, -0.2) is 9.13 Å². The molecule has 454 valence electrons. The van der Waals surface area contributed by atoms with Gasteiger partial charge in [-0.15, -0.1) is 0 Å². The summed E-state index contributed by atoms with van der Waals surface area (Å²) in [4.78, 5) is 0. The Bertz CT molecular complexity index is 5580. The molecule has 96 heavy (non-hydrogen) atoms. The lowest BCUT2D eigenvalue weighted by atomic mass is 9.75. The summed E-state index contributed by atoms with van der Waals surface area (Å²) < 4.78 is 4.82. The van der Waals surface area contributed by atoms with Crippen LogP contribution in [0.3, 0.4) is 0 Å². The number of rotatable bonds is 9. The van der Waals surface area contributed by atoms with Gasteiger partial charge in [-0.2, -0.15) is 0 Å².